The molecule has 6 nitrogen and oxygen atoms in total. The van der Waals surface area contributed by atoms with Gasteiger partial charge in [-0.25, -0.2) is 4.98 Å². The summed E-state index contributed by atoms with van der Waals surface area (Å²) in [6.45, 7) is 4.04. The van der Waals surface area contributed by atoms with Crippen molar-refractivity contribution in [1.29, 1.82) is 0 Å². The highest BCUT2D eigenvalue weighted by Crippen LogP contribution is 2.19. The maximum Gasteiger partial charge on any atom is 0.254 e. The van der Waals surface area contributed by atoms with E-state index in [1.807, 2.05) is 48.7 Å². The van der Waals surface area contributed by atoms with E-state index in [4.69, 9.17) is 14.2 Å². The van der Waals surface area contributed by atoms with E-state index in [0.29, 0.717) is 37.6 Å². The van der Waals surface area contributed by atoms with Crippen LogP contribution in [0.4, 0.5) is 0 Å². The maximum absolute atomic E-state index is 13.1. The lowest BCUT2D eigenvalue weighted by molar-refractivity contribution is 0.0721. The van der Waals surface area contributed by atoms with Gasteiger partial charge >= 0.3 is 0 Å². The van der Waals surface area contributed by atoms with Crippen molar-refractivity contribution in [3.63, 3.8) is 0 Å². The van der Waals surface area contributed by atoms with Gasteiger partial charge in [0.2, 0.25) is 0 Å². The average molecular weight is 441 g/mol. The minimum atomic E-state index is -0.0550. The molecular weight excluding hydrogens is 412 g/mol. The lowest BCUT2D eigenvalue weighted by atomic mass is 10.1. The van der Waals surface area contributed by atoms with Gasteiger partial charge in [-0.1, -0.05) is 18.2 Å². The SMILES string of the molecule is COCCCN(Cc1csc(COc2cccc(C)c2)n1)C(=O)c1cccc(OC)c1. The van der Waals surface area contributed by atoms with Crippen LogP contribution in [-0.2, 0) is 17.9 Å². The molecule has 3 rings (SSSR count). The number of benzene rings is 2. The van der Waals surface area contributed by atoms with Crippen molar-refractivity contribution in [2.24, 2.45) is 0 Å². The van der Waals surface area contributed by atoms with Gasteiger partial charge in [0.25, 0.3) is 5.91 Å². The molecule has 0 fully saturated rings. The third-order valence-corrected chi connectivity index (χ3v) is 5.56. The minimum absolute atomic E-state index is 0.0550. The summed E-state index contributed by atoms with van der Waals surface area (Å²) < 4.78 is 16.3. The lowest BCUT2D eigenvalue weighted by Crippen LogP contribution is -2.32. The molecule has 164 valence electrons. The second-order valence-corrected chi connectivity index (χ2v) is 8.09. The van der Waals surface area contributed by atoms with Gasteiger partial charge in [-0.15, -0.1) is 11.3 Å². The summed E-state index contributed by atoms with van der Waals surface area (Å²) in [6, 6.07) is 15.1. The minimum Gasteiger partial charge on any atom is -0.497 e. The number of amides is 1. The Bertz CT molecular complexity index is 989. The first-order valence-electron chi connectivity index (χ1n) is 10.1. The first-order chi connectivity index (χ1) is 15.1. The monoisotopic (exact) mass is 440 g/mol. The van der Waals surface area contributed by atoms with Crippen molar-refractivity contribution in [1.82, 2.24) is 9.88 Å². The van der Waals surface area contributed by atoms with Crippen LogP contribution >= 0.6 is 11.3 Å². The Morgan fingerprint density at radius 2 is 1.90 bits per heavy atom. The lowest BCUT2D eigenvalue weighted by Gasteiger charge is -2.22. The number of thiazole rings is 1. The van der Waals surface area contributed by atoms with Crippen LogP contribution in [0, 0.1) is 6.92 Å². The highest BCUT2D eigenvalue weighted by Gasteiger charge is 2.18. The number of aryl methyl sites for hydroxylation is 1. The van der Waals surface area contributed by atoms with Crippen molar-refractivity contribution >= 4 is 17.2 Å². The first kappa shape index (κ1) is 22.8. The standard InChI is InChI=1S/C24H28N2O4S/c1-18-7-4-10-22(13-18)30-16-23-25-20(17-31-23)15-26(11-6-12-28-2)24(27)19-8-5-9-21(14-19)29-3/h4-5,7-10,13-14,17H,6,11-12,15-16H2,1-3H3. The number of ether oxygens (including phenoxy) is 3. The highest BCUT2D eigenvalue weighted by molar-refractivity contribution is 7.09. The fourth-order valence-corrected chi connectivity index (χ4v) is 3.82. The van der Waals surface area contributed by atoms with E-state index in [1.54, 1.807) is 31.3 Å². The molecule has 31 heavy (non-hydrogen) atoms. The number of carbonyl (C=O) groups is 1. The Labute approximate surface area is 187 Å². The fraction of sp³-hybridized carbons (Fsp3) is 0.333. The van der Waals surface area contributed by atoms with E-state index in [-0.39, 0.29) is 5.91 Å². The molecular formula is C24H28N2O4S. The van der Waals surface area contributed by atoms with Gasteiger partial charge in [-0.05, 0) is 49.2 Å². The summed E-state index contributed by atoms with van der Waals surface area (Å²) in [4.78, 5) is 19.6. The van der Waals surface area contributed by atoms with Crippen molar-refractivity contribution in [2.75, 3.05) is 27.4 Å². The molecule has 0 aliphatic heterocycles. The number of nitrogens with zero attached hydrogens (tertiary/aromatic N) is 2. The third-order valence-electron chi connectivity index (χ3n) is 4.68. The largest absolute Gasteiger partial charge is 0.497 e. The van der Waals surface area contributed by atoms with Gasteiger partial charge in [0.15, 0.2) is 0 Å². The molecule has 2 aromatic carbocycles. The van der Waals surface area contributed by atoms with Gasteiger partial charge in [-0.3, -0.25) is 4.79 Å². The number of rotatable bonds is 11. The van der Waals surface area contributed by atoms with E-state index in [1.165, 1.54) is 11.3 Å². The highest BCUT2D eigenvalue weighted by atomic mass is 32.1. The maximum atomic E-state index is 13.1. The van der Waals surface area contributed by atoms with Gasteiger partial charge < -0.3 is 19.1 Å². The molecule has 0 aliphatic carbocycles. The summed E-state index contributed by atoms with van der Waals surface area (Å²) in [5, 5.41) is 2.86. The number of methoxy groups -OCH3 is 2. The zero-order valence-corrected chi connectivity index (χ0v) is 19.0. The van der Waals surface area contributed by atoms with Gasteiger partial charge in [0, 0.05) is 31.2 Å². The number of aromatic nitrogens is 1. The van der Waals surface area contributed by atoms with Crippen LogP contribution in [0.3, 0.4) is 0 Å². The molecule has 1 heterocycles. The Balaban J connectivity index is 1.67. The fourth-order valence-electron chi connectivity index (χ4n) is 3.12. The second-order valence-electron chi connectivity index (χ2n) is 7.14. The van der Waals surface area contributed by atoms with E-state index >= 15 is 0 Å². The van der Waals surface area contributed by atoms with Crippen molar-refractivity contribution in [3.8, 4) is 11.5 Å². The summed E-state index contributed by atoms with van der Waals surface area (Å²) in [7, 11) is 3.25. The molecule has 0 N–H and O–H groups in total. The summed E-state index contributed by atoms with van der Waals surface area (Å²) in [5.41, 5.74) is 2.59. The van der Waals surface area contributed by atoms with E-state index < -0.39 is 0 Å². The van der Waals surface area contributed by atoms with E-state index in [0.717, 1.165) is 28.4 Å². The molecule has 0 saturated heterocycles. The van der Waals surface area contributed by atoms with Crippen LogP contribution in [0.25, 0.3) is 0 Å². The van der Waals surface area contributed by atoms with Gasteiger partial charge in [0.1, 0.15) is 23.1 Å². The summed E-state index contributed by atoms with van der Waals surface area (Å²) in [5.74, 6) is 1.43. The van der Waals surface area contributed by atoms with Crippen molar-refractivity contribution in [3.05, 3.63) is 75.7 Å². The smallest absolute Gasteiger partial charge is 0.254 e. The average Bonchev–Trinajstić information content (AvgIpc) is 3.24. The molecule has 0 unspecified atom stereocenters. The first-order valence-corrected chi connectivity index (χ1v) is 11.0. The summed E-state index contributed by atoms with van der Waals surface area (Å²) in [6.07, 6.45) is 0.750. The third kappa shape index (κ3) is 6.80. The van der Waals surface area contributed by atoms with Crippen LogP contribution in [0.1, 0.15) is 33.0 Å². The second kappa shape index (κ2) is 11.5. The van der Waals surface area contributed by atoms with Crippen LogP contribution in [0.2, 0.25) is 0 Å². The molecule has 1 aromatic heterocycles. The molecule has 0 bridgehead atoms. The normalized spacial score (nSPS) is 10.7. The molecule has 0 saturated carbocycles. The van der Waals surface area contributed by atoms with Crippen molar-refractivity contribution in [2.45, 2.75) is 26.5 Å². The Morgan fingerprint density at radius 1 is 1.10 bits per heavy atom. The molecule has 0 radical (unpaired) electrons. The predicted molar refractivity (Wildman–Crippen MR) is 122 cm³/mol. The molecule has 0 aliphatic rings. The number of hydrogen-bond donors (Lipinski definition) is 0. The van der Waals surface area contributed by atoms with Crippen LogP contribution in [0.15, 0.2) is 53.9 Å². The summed E-state index contributed by atoms with van der Waals surface area (Å²) >= 11 is 1.54. The van der Waals surface area contributed by atoms with Crippen LogP contribution in [0.5, 0.6) is 11.5 Å². The molecule has 0 atom stereocenters. The Hall–Kier alpha value is -2.90. The van der Waals surface area contributed by atoms with E-state index in [9.17, 15) is 4.79 Å². The molecule has 3 aromatic rings. The predicted octanol–water partition coefficient (Wildman–Crippen LogP) is 4.72. The van der Waals surface area contributed by atoms with Gasteiger partial charge in [0.05, 0.1) is 19.3 Å². The Morgan fingerprint density at radius 3 is 2.68 bits per heavy atom. The number of carbonyl (C=O) groups excluding carboxylic acids is 1. The zero-order chi connectivity index (χ0) is 22.1. The van der Waals surface area contributed by atoms with Crippen LogP contribution < -0.4 is 9.47 Å². The van der Waals surface area contributed by atoms with Gasteiger partial charge in [-0.2, -0.15) is 0 Å². The molecule has 7 heteroatoms. The Kier molecular flexibility index (Phi) is 8.44. The zero-order valence-electron chi connectivity index (χ0n) is 18.2. The van der Waals surface area contributed by atoms with Crippen molar-refractivity contribution < 1.29 is 19.0 Å². The topological polar surface area (TPSA) is 60.9 Å². The van der Waals surface area contributed by atoms with E-state index in [2.05, 4.69) is 4.98 Å². The quantitative estimate of drug-likeness (QED) is 0.404. The molecule has 1 amide bonds. The molecule has 0 spiro atoms. The van der Waals surface area contributed by atoms with Crippen LogP contribution in [-0.4, -0.2) is 43.2 Å². The number of hydrogen-bond acceptors (Lipinski definition) is 6.